The van der Waals surface area contributed by atoms with Crippen LogP contribution in [0.4, 0.5) is 0 Å². The third kappa shape index (κ3) is 4.92. The smallest absolute Gasteiger partial charge is 0.338 e. The first-order chi connectivity index (χ1) is 11.1. The van der Waals surface area contributed by atoms with Gasteiger partial charge < -0.3 is 20.1 Å². The van der Waals surface area contributed by atoms with Crippen LogP contribution in [0.15, 0.2) is 42.5 Å². The molecule has 0 aliphatic carbocycles. The van der Waals surface area contributed by atoms with Gasteiger partial charge in [-0.15, -0.1) is 0 Å². The second-order valence-electron chi connectivity index (χ2n) is 5.30. The number of rotatable bonds is 7. The second kappa shape index (κ2) is 8.08. The molecule has 3 N–H and O–H groups in total. The maximum absolute atomic E-state index is 11.8. The van der Waals surface area contributed by atoms with E-state index in [1.54, 1.807) is 0 Å². The molecule has 0 aliphatic heterocycles. The maximum atomic E-state index is 11.8. The predicted molar refractivity (Wildman–Crippen MR) is 85.7 cm³/mol. The van der Waals surface area contributed by atoms with Gasteiger partial charge in [0.25, 0.3) is 0 Å². The number of aryl methyl sites for hydroxylation is 1. The molecule has 5 nitrogen and oxygen atoms in total. The number of phenols is 3. The first kappa shape index (κ1) is 16.7. The van der Waals surface area contributed by atoms with Crippen LogP contribution in [0.3, 0.4) is 0 Å². The monoisotopic (exact) mass is 316 g/mol. The van der Waals surface area contributed by atoms with E-state index in [0.717, 1.165) is 37.8 Å². The van der Waals surface area contributed by atoms with Crippen molar-refractivity contribution in [1.29, 1.82) is 0 Å². The van der Waals surface area contributed by atoms with Crippen LogP contribution in [0.2, 0.25) is 0 Å². The molecule has 0 saturated carbocycles. The standard InChI is InChI=1S/C18H20O5/c19-15-11-14(12-16(20)17(15)21)18(22)23-10-6-2-5-9-13-7-3-1-4-8-13/h1,3-4,7-8,11-12,19-21H,2,5-6,9-10H2. The number of esters is 1. The topological polar surface area (TPSA) is 87.0 Å². The third-order valence-corrected chi connectivity index (χ3v) is 3.49. The molecule has 0 bridgehead atoms. The summed E-state index contributed by atoms with van der Waals surface area (Å²) in [5, 5.41) is 28.0. The van der Waals surface area contributed by atoms with Crippen LogP contribution in [-0.2, 0) is 11.2 Å². The van der Waals surface area contributed by atoms with Gasteiger partial charge in [0.2, 0.25) is 0 Å². The third-order valence-electron chi connectivity index (χ3n) is 3.49. The number of carbonyl (C=O) groups excluding carboxylic acids is 1. The average molecular weight is 316 g/mol. The van der Waals surface area contributed by atoms with Gasteiger partial charge in [0.1, 0.15) is 0 Å². The molecule has 0 fully saturated rings. The van der Waals surface area contributed by atoms with Crippen LogP contribution in [-0.4, -0.2) is 27.9 Å². The van der Waals surface area contributed by atoms with Crippen molar-refractivity contribution in [2.24, 2.45) is 0 Å². The Bertz CT molecular complexity index is 629. The lowest BCUT2D eigenvalue weighted by Gasteiger charge is -2.07. The molecule has 2 aromatic carbocycles. The summed E-state index contributed by atoms with van der Waals surface area (Å²) >= 11 is 0. The van der Waals surface area contributed by atoms with E-state index in [-0.39, 0.29) is 12.2 Å². The summed E-state index contributed by atoms with van der Waals surface area (Å²) < 4.78 is 5.09. The molecule has 2 aromatic rings. The van der Waals surface area contributed by atoms with Crippen LogP contribution >= 0.6 is 0 Å². The minimum absolute atomic E-state index is 0.00193. The fourth-order valence-corrected chi connectivity index (χ4v) is 2.22. The number of unbranched alkanes of at least 4 members (excludes halogenated alkanes) is 2. The van der Waals surface area contributed by atoms with E-state index in [1.165, 1.54) is 5.56 Å². The highest BCUT2D eigenvalue weighted by molar-refractivity contribution is 5.91. The van der Waals surface area contributed by atoms with E-state index < -0.39 is 23.2 Å². The SMILES string of the molecule is O=C(OCCCCCc1ccccc1)c1cc(O)c(O)c(O)c1. The fourth-order valence-electron chi connectivity index (χ4n) is 2.22. The molecule has 2 rings (SSSR count). The zero-order chi connectivity index (χ0) is 16.7. The van der Waals surface area contributed by atoms with E-state index in [1.807, 2.05) is 18.2 Å². The maximum Gasteiger partial charge on any atom is 0.338 e. The number of ether oxygens (including phenoxy) is 1. The van der Waals surface area contributed by atoms with Crippen molar-refractivity contribution in [1.82, 2.24) is 0 Å². The highest BCUT2D eigenvalue weighted by atomic mass is 16.5. The van der Waals surface area contributed by atoms with Crippen LogP contribution in [0.25, 0.3) is 0 Å². The molecule has 0 spiro atoms. The normalized spacial score (nSPS) is 10.4. The van der Waals surface area contributed by atoms with Gasteiger partial charge in [-0.05, 0) is 43.4 Å². The predicted octanol–water partition coefficient (Wildman–Crippen LogP) is 3.37. The van der Waals surface area contributed by atoms with Crippen LogP contribution in [0.1, 0.15) is 35.2 Å². The Balaban J connectivity index is 1.69. The quantitative estimate of drug-likeness (QED) is 0.414. The van der Waals surface area contributed by atoms with Gasteiger partial charge >= 0.3 is 5.97 Å². The molecule has 0 amide bonds. The first-order valence-electron chi connectivity index (χ1n) is 7.54. The second-order valence-corrected chi connectivity index (χ2v) is 5.30. The Morgan fingerprint density at radius 3 is 2.22 bits per heavy atom. The molecule has 122 valence electrons. The fraction of sp³-hybridized carbons (Fsp3) is 0.278. The van der Waals surface area contributed by atoms with Crippen LogP contribution < -0.4 is 0 Å². The summed E-state index contributed by atoms with van der Waals surface area (Å²) in [6, 6.07) is 12.3. The summed E-state index contributed by atoms with van der Waals surface area (Å²) in [7, 11) is 0. The molecule has 23 heavy (non-hydrogen) atoms. The average Bonchev–Trinajstić information content (AvgIpc) is 2.56. The Labute approximate surface area is 134 Å². The summed E-state index contributed by atoms with van der Waals surface area (Å²) in [6.07, 6.45) is 3.69. The van der Waals surface area contributed by atoms with Gasteiger partial charge in [-0.1, -0.05) is 30.3 Å². The largest absolute Gasteiger partial charge is 0.504 e. The number of phenolic OH excluding ortho intramolecular Hbond substituents is 3. The van der Waals surface area contributed by atoms with Gasteiger partial charge in [0.15, 0.2) is 17.2 Å². The van der Waals surface area contributed by atoms with Gasteiger partial charge in [-0.25, -0.2) is 4.79 Å². The molecule has 0 aromatic heterocycles. The molecule has 0 saturated heterocycles. The summed E-state index contributed by atoms with van der Waals surface area (Å²) in [6.45, 7) is 0.274. The molecule has 0 heterocycles. The van der Waals surface area contributed by atoms with Crippen molar-refractivity contribution in [2.75, 3.05) is 6.61 Å². The van der Waals surface area contributed by atoms with Crippen molar-refractivity contribution in [3.63, 3.8) is 0 Å². The molecule has 0 radical (unpaired) electrons. The van der Waals surface area contributed by atoms with E-state index in [0.29, 0.717) is 0 Å². The van der Waals surface area contributed by atoms with Crippen molar-refractivity contribution in [3.05, 3.63) is 53.6 Å². The van der Waals surface area contributed by atoms with Gasteiger partial charge in [0, 0.05) is 0 Å². The van der Waals surface area contributed by atoms with Crippen molar-refractivity contribution in [3.8, 4) is 17.2 Å². The lowest BCUT2D eigenvalue weighted by atomic mass is 10.1. The Morgan fingerprint density at radius 2 is 1.57 bits per heavy atom. The number of hydrogen-bond acceptors (Lipinski definition) is 5. The first-order valence-corrected chi connectivity index (χ1v) is 7.54. The van der Waals surface area contributed by atoms with Crippen molar-refractivity contribution >= 4 is 5.97 Å². The number of hydrogen-bond donors (Lipinski definition) is 3. The highest BCUT2D eigenvalue weighted by Gasteiger charge is 2.14. The van der Waals surface area contributed by atoms with Crippen LogP contribution in [0, 0.1) is 0 Å². The number of benzene rings is 2. The van der Waals surface area contributed by atoms with E-state index in [4.69, 9.17) is 4.74 Å². The summed E-state index contributed by atoms with van der Waals surface area (Å²) in [4.78, 5) is 11.8. The molecule has 0 atom stereocenters. The Kier molecular flexibility index (Phi) is 5.86. The van der Waals surface area contributed by atoms with E-state index in [2.05, 4.69) is 12.1 Å². The molecular weight excluding hydrogens is 296 g/mol. The minimum Gasteiger partial charge on any atom is -0.504 e. The minimum atomic E-state index is -0.650. The Morgan fingerprint density at radius 1 is 0.913 bits per heavy atom. The molecule has 0 unspecified atom stereocenters. The van der Waals surface area contributed by atoms with E-state index in [9.17, 15) is 20.1 Å². The van der Waals surface area contributed by atoms with Gasteiger partial charge in [-0.3, -0.25) is 0 Å². The van der Waals surface area contributed by atoms with Crippen molar-refractivity contribution in [2.45, 2.75) is 25.7 Å². The highest BCUT2D eigenvalue weighted by Crippen LogP contribution is 2.35. The molecular formula is C18H20O5. The zero-order valence-electron chi connectivity index (χ0n) is 12.7. The van der Waals surface area contributed by atoms with Gasteiger partial charge in [-0.2, -0.15) is 0 Å². The number of carbonyl (C=O) groups is 1. The van der Waals surface area contributed by atoms with Gasteiger partial charge in [0.05, 0.1) is 12.2 Å². The molecule has 0 aliphatic rings. The van der Waals surface area contributed by atoms with Crippen LogP contribution in [0.5, 0.6) is 17.2 Å². The lowest BCUT2D eigenvalue weighted by Crippen LogP contribution is -2.06. The lowest BCUT2D eigenvalue weighted by molar-refractivity contribution is 0.0497. The summed E-state index contributed by atoms with van der Waals surface area (Å²) in [5.74, 6) is -2.40. The summed E-state index contributed by atoms with van der Waals surface area (Å²) in [5.41, 5.74) is 1.29. The Hall–Kier alpha value is -2.69. The zero-order valence-corrected chi connectivity index (χ0v) is 12.7. The van der Waals surface area contributed by atoms with E-state index >= 15 is 0 Å². The van der Waals surface area contributed by atoms with Crippen molar-refractivity contribution < 1.29 is 24.9 Å². The number of aromatic hydroxyl groups is 3. The molecule has 5 heteroatoms.